The molecule has 1 aliphatic rings. The van der Waals surface area contributed by atoms with Gasteiger partial charge in [-0.1, -0.05) is 25.0 Å². The van der Waals surface area contributed by atoms with Crippen molar-refractivity contribution in [2.45, 2.75) is 37.8 Å². The largest absolute Gasteiger partial charge is 0.454 e. The Kier molecular flexibility index (Phi) is 6.05. The number of carbonyl (C=O) groups excluding carboxylic acids is 2. The Morgan fingerprint density at radius 2 is 1.83 bits per heavy atom. The van der Waals surface area contributed by atoms with Crippen molar-refractivity contribution in [3.63, 3.8) is 0 Å². The van der Waals surface area contributed by atoms with Crippen LogP contribution in [0, 0.1) is 5.82 Å². The minimum absolute atomic E-state index is 0.0315. The normalized spacial score (nSPS) is 17.9. The molecule has 5 N–H and O–H groups in total. The van der Waals surface area contributed by atoms with Gasteiger partial charge in [-0.3, -0.25) is 14.6 Å². The first kappa shape index (κ1) is 22.7. The number of halogens is 1. The van der Waals surface area contributed by atoms with E-state index in [2.05, 4.69) is 10.3 Å². The molecular weight excluding hydrogens is 447 g/mol. The molecule has 2 amide bonds. The maximum atomic E-state index is 14.7. The maximum Gasteiger partial charge on any atom is 0.251 e. The highest BCUT2D eigenvalue weighted by Crippen LogP contribution is 2.35. The number of primary amides is 1. The minimum Gasteiger partial charge on any atom is -0.454 e. The number of amides is 2. The minimum atomic E-state index is -0.710. The molecule has 0 bridgehead atoms. The molecule has 0 spiro atoms. The zero-order valence-electron chi connectivity index (χ0n) is 19.0. The molecule has 35 heavy (non-hydrogen) atoms. The van der Waals surface area contributed by atoms with Gasteiger partial charge in [-0.2, -0.15) is 0 Å². The Morgan fingerprint density at radius 1 is 1.00 bits per heavy atom. The average molecular weight is 473 g/mol. The van der Waals surface area contributed by atoms with Gasteiger partial charge in [-0.05, 0) is 54.8 Å². The third-order valence-electron chi connectivity index (χ3n) is 6.50. The van der Waals surface area contributed by atoms with Crippen LogP contribution in [0.1, 0.15) is 46.4 Å². The molecule has 4 aromatic rings. The summed E-state index contributed by atoms with van der Waals surface area (Å²) < 4.78 is 20.7. The fourth-order valence-electron chi connectivity index (χ4n) is 4.58. The molecule has 2 aromatic heterocycles. The Morgan fingerprint density at radius 3 is 2.60 bits per heavy atom. The van der Waals surface area contributed by atoms with E-state index in [-0.39, 0.29) is 34.9 Å². The summed E-state index contributed by atoms with van der Waals surface area (Å²) >= 11 is 0. The van der Waals surface area contributed by atoms with Gasteiger partial charge in [-0.25, -0.2) is 4.39 Å². The number of aromatic nitrogens is 1. The van der Waals surface area contributed by atoms with Crippen molar-refractivity contribution >= 4 is 22.9 Å². The van der Waals surface area contributed by atoms with Crippen LogP contribution in [0.5, 0.6) is 0 Å². The Balaban J connectivity index is 1.47. The first-order valence-corrected chi connectivity index (χ1v) is 11.6. The van der Waals surface area contributed by atoms with E-state index in [1.54, 1.807) is 30.5 Å². The molecule has 0 saturated heterocycles. The number of hydrogen-bond donors (Lipinski definition) is 3. The number of carbonyl (C=O) groups is 2. The fourth-order valence-corrected chi connectivity index (χ4v) is 4.58. The molecule has 1 fully saturated rings. The van der Waals surface area contributed by atoms with E-state index >= 15 is 0 Å². The molecule has 178 valence electrons. The number of hydrogen-bond acceptors (Lipinski definition) is 5. The van der Waals surface area contributed by atoms with Gasteiger partial charge in [0.2, 0.25) is 5.91 Å². The smallest absolute Gasteiger partial charge is 0.251 e. The van der Waals surface area contributed by atoms with Crippen molar-refractivity contribution < 1.29 is 18.4 Å². The van der Waals surface area contributed by atoms with Crippen molar-refractivity contribution in [3.05, 3.63) is 77.7 Å². The maximum absolute atomic E-state index is 14.7. The van der Waals surface area contributed by atoms with E-state index < -0.39 is 11.7 Å². The van der Waals surface area contributed by atoms with Gasteiger partial charge in [0.25, 0.3) is 5.91 Å². The van der Waals surface area contributed by atoms with Gasteiger partial charge < -0.3 is 21.2 Å². The first-order chi connectivity index (χ1) is 16.9. The lowest BCUT2D eigenvalue weighted by atomic mass is 9.91. The van der Waals surface area contributed by atoms with Crippen molar-refractivity contribution in [1.29, 1.82) is 0 Å². The van der Waals surface area contributed by atoms with E-state index in [0.29, 0.717) is 16.7 Å². The number of fused-ring (bicyclic) bond motifs is 1. The van der Waals surface area contributed by atoms with Crippen LogP contribution in [0.25, 0.3) is 33.6 Å². The number of nitrogens with one attached hydrogen (secondary N) is 1. The van der Waals surface area contributed by atoms with Crippen LogP contribution in [0.4, 0.5) is 4.39 Å². The fraction of sp³-hybridized carbons (Fsp3) is 0.222. The zero-order valence-corrected chi connectivity index (χ0v) is 19.0. The van der Waals surface area contributed by atoms with Crippen molar-refractivity contribution in [1.82, 2.24) is 10.3 Å². The summed E-state index contributed by atoms with van der Waals surface area (Å²) in [5.74, 6) is -1.23. The van der Waals surface area contributed by atoms with Crippen LogP contribution < -0.4 is 16.8 Å². The number of benzene rings is 2. The van der Waals surface area contributed by atoms with Gasteiger partial charge in [-0.15, -0.1) is 0 Å². The quantitative estimate of drug-likeness (QED) is 0.397. The van der Waals surface area contributed by atoms with Crippen LogP contribution in [-0.2, 0) is 0 Å². The van der Waals surface area contributed by atoms with Gasteiger partial charge in [0.15, 0.2) is 5.58 Å². The molecule has 1 aliphatic carbocycles. The lowest BCUT2D eigenvalue weighted by molar-refractivity contribution is 0.0920. The monoisotopic (exact) mass is 472 g/mol. The molecule has 2 atom stereocenters. The third-order valence-corrected chi connectivity index (χ3v) is 6.50. The highest BCUT2D eigenvalue weighted by molar-refractivity contribution is 5.98. The lowest BCUT2D eigenvalue weighted by Crippen LogP contribution is -2.49. The molecule has 2 heterocycles. The van der Waals surface area contributed by atoms with Crippen LogP contribution >= 0.6 is 0 Å². The summed E-state index contributed by atoms with van der Waals surface area (Å²) in [6, 6.07) is 14.6. The second-order valence-electron chi connectivity index (χ2n) is 8.85. The molecule has 1 saturated carbocycles. The standard InChI is InChI=1S/C27H25FN4O3/c28-20-13-16(26(30)33)8-9-19(20)24-14-23-25(35-24)18(10-11-31-23)15-4-3-5-17(12-15)27(34)32-22-7-2-1-6-21(22)29/h3-5,8-14,21-22H,1-2,6-7,29H2,(H2,30,33)(H,32,34)/t21-,22+/m0/s1. The Labute approximate surface area is 201 Å². The summed E-state index contributed by atoms with van der Waals surface area (Å²) in [4.78, 5) is 28.6. The Bertz CT molecular complexity index is 1430. The van der Waals surface area contributed by atoms with E-state index in [0.717, 1.165) is 42.9 Å². The van der Waals surface area contributed by atoms with Crippen molar-refractivity contribution in [2.24, 2.45) is 11.5 Å². The summed E-state index contributed by atoms with van der Waals surface area (Å²) in [5.41, 5.74) is 14.7. The molecular formula is C27H25FN4O3. The van der Waals surface area contributed by atoms with Gasteiger partial charge >= 0.3 is 0 Å². The molecule has 2 aromatic carbocycles. The van der Waals surface area contributed by atoms with E-state index in [1.807, 2.05) is 12.1 Å². The predicted molar refractivity (Wildman–Crippen MR) is 131 cm³/mol. The SMILES string of the molecule is NC(=O)c1ccc(-c2cc3nccc(-c4cccc(C(=O)N[C@@H]5CCCC[C@@H]5N)c4)c3o2)c(F)c1. The molecule has 0 unspecified atom stereocenters. The van der Waals surface area contributed by atoms with Crippen molar-refractivity contribution in [2.75, 3.05) is 0 Å². The third kappa shape index (κ3) is 4.52. The number of rotatable bonds is 5. The molecule has 0 aliphatic heterocycles. The second kappa shape index (κ2) is 9.31. The number of nitrogens with zero attached hydrogens (tertiary/aromatic N) is 1. The molecule has 0 radical (unpaired) electrons. The summed E-state index contributed by atoms with van der Waals surface area (Å²) in [7, 11) is 0. The number of nitrogens with two attached hydrogens (primary N) is 2. The summed E-state index contributed by atoms with van der Waals surface area (Å²) in [6.45, 7) is 0. The second-order valence-corrected chi connectivity index (χ2v) is 8.85. The van der Waals surface area contributed by atoms with Crippen LogP contribution in [0.2, 0.25) is 0 Å². The molecule has 7 nitrogen and oxygen atoms in total. The van der Waals surface area contributed by atoms with Gasteiger partial charge in [0, 0.05) is 41.0 Å². The first-order valence-electron chi connectivity index (χ1n) is 11.6. The van der Waals surface area contributed by atoms with Crippen LogP contribution in [0.3, 0.4) is 0 Å². The van der Waals surface area contributed by atoms with Gasteiger partial charge in [0.1, 0.15) is 17.1 Å². The van der Waals surface area contributed by atoms with Crippen LogP contribution in [0.15, 0.2) is 65.2 Å². The van der Waals surface area contributed by atoms with E-state index in [4.69, 9.17) is 15.9 Å². The number of pyridine rings is 1. The van der Waals surface area contributed by atoms with E-state index in [9.17, 15) is 14.0 Å². The average Bonchev–Trinajstić information content (AvgIpc) is 3.29. The molecule has 5 rings (SSSR count). The van der Waals surface area contributed by atoms with Crippen LogP contribution in [-0.4, -0.2) is 28.9 Å². The topological polar surface area (TPSA) is 124 Å². The predicted octanol–water partition coefficient (Wildman–Crippen LogP) is 4.40. The van der Waals surface area contributed by atoms with Crippen molar-refractivity contribution in [3.8, 4) is 22.5 Å². The lowest BCUT2D eigenvalue weighted by Gasteiger charge is -2.29. The summed E-state index contributed by atoms with van der Waals surface area (Å²) in [6.07, 6.45) is 5.57. The highest BCUT2D eigenvalue weighted by atomic mass is 19.1. The van der Waals surface area contributed by atoms with Gasteiger partial charge in [0.05, 0.1) is 5.56 Å². The Hall–Kier alpha value is -4.04. The highest BCUT2D eigenvalue weighted by Gasteiger charge is 2.24. The summed E-state index contributed by atoms with van der Waals surface area (Å²) in [5, 5.41) is 3.07. The zero-order chi connectivity index (χ0) is 24.5. The number of furan rings is 1. The van der Waals surface area contributed by atoms with E-state index in [1.165, 1.54) is 12.1 Å². The molecule has 8 heteroatoms.